The topological polar surface area (TPSA) is 89.0 Å². The molecule has 0 aliphatic rings. The van der Waals surface area contributed by atoms with Gasteiger partial charge in [-0.2, -0.15) is 0 Å². The summed E-state index contributed by atoms with van der Waals surface area (Å²) in [6.07, 6.45) is 2.02. The molecule has 216 valence electrons. The molecular formula is C34H40N2O5. The summed E-state index contributed by atoms with van der Waals surface area (Å²) in [6.45, 7) is 10.7. The van der Waals surface area contributed by atoms with E-state index in [1.165, 1.54) is 7.11 Å². The van der Waals surface area contributed by atoms with Crippen molar-refractivity contribution >= 4 is 28.5 Å². The summed E-state index contributed by atoms with van der Waals surface area (Å²) in [7, 11) is 1.35. The SMILES string of the molecule is CC.COC(=O)c1ccc2c(N(Cc3ccc(-c4ccc(OCCO)cc4)cc3)C(=O)CC(C)(C)C)nccc2c1. The van der Waals surface area contributed by atoms with Crippen LogP contribution in [0, 0.1) is 5.41 Å². The Kier molecular flexibility index (Phi) is 11.0. The number of esters is 1. The smallest absolute Gasteiger partial charge is 0.337 e. The van der Waals surface area contributed by atoms with E-state index >= 15 is 0 Å². The van der Waals surface area contributed by atoms with E-state index in [-0.39, 0.29) is 24.5 Å². The van der Waals surface area contributed by atoms with Crippen molar-refractivity contribution in [2.45, 2.75) is 47.6 Å². The van der Waals surface area contributed by atoms with Crippen molar-refractivity contribution in [1.29, 1.82) is 0 Å². The molecule has 1 N–H and O–H groups in total. The van der Waals surface area contributed by atoms with Gasteiger partial charge < -0.3 is 14.6 Å². The molecule has 0 aliphatic heterocycles. The van der Waals surface area contributed by atoms with Gasteiger partial charge in [-0.3, -0.25) is 9.69 Å². The number of aliphatic hydroxyl groups is 1. The van der Waals surface area contributed by atoms with Crippen LogP contribution < -0.4 is 9.64 Å². The Hall–Kier alpha value is -4.23. The second-order valence-corrected chi connectivity index (χ2v) is 10.6. The van der Waals surface area contributed by atoms with Crippen molar-refractivity contribution in [3.05, 3.63) is 90.1 Å². The average Bonchev–Trinajstić information content (AvgIpc) is 2.98. The van der Waals surface area contributed by atoms with E-state index in [1.807, 2.05) is 95.3 Å². The van der Waals surface area contributed by atoms with Crippen LogP contribution >= 0.6 is 0 Å². The Morgan fingerprint density at radius 1 is 0.902 bits per heavy atom. The normalized spacial score (nSPS) is 10.9. The Balaban J connectivity index is 0.00000226. The highest BCUT2D eigenvalue weighted by Gasteiger charge is 2.25. The molecule has 0 saturated carbocycles. The second kappa shape index (κ2) is 14.4. The van der Waals surface area contributed by atoms with Gasteiger partial charge in [0.2, 0.25) is 5.91 Å². The molecule has 1 aromatic heterocycles. The molecule has 0 radical (unpaired) electrons. The van der Waals surface area contributed by atoms with E-state index in [2.05, 4.69) is 4.98 Å². The van der Waals surface area contributed by atoms with Gasteiger partial charge in [0, 0.05) is 18.0 Å². The minimum absolute atomic E-state index is 0.0258. The highest BCUT2D eigenvalue weighted by molar-refractivity contribution is 6.04. The summed E-state index contributed by atoms with van der Waals surface area (Å²) in [5.41, 5.74) is 3.29. The molecule has 7 nitrogen and oxygen atoms in total. The molecule has 3 aromatic carbocycles. The van der Waals surface area contributed by atoms with Crippen molar-refractivity contribution in [3.63, 3.8) is 0 Å². The molecule has 7 heteroatoms. The third-order valence-corrected chi connectivity index (χ3v) is 6.25. The van der Waals surface area contributed by atoms with Gasteiger partial charge in [-0.15, -0.1) is 0 Å². The maximum atomic E-state index is 13.6. The van der Waals surface area contributed by atoms with Crippen molar-refractivity contribution < 1.29 is 24.2 Å². The number of benzene rings is 3. The van der Waals surface area contributed by atoms with E-state index in [4.69, 9.17) is 14.6 Å². The third-order valence-electron chi connectivity index (χ3n) is 6.25. The van der Waals surface area contributed by atoms with Crippen LogP contribution in [0.5, 0.6) is 5.75 Å². The zero-order valence-corrected chi connectivity index (χ0v) is 24.8. The van der Waals surface area contributed by atoms with Crippen LogP contribution in [0.15, 0.2) is 79.0 Å². The first-order valence-electron chi connectivity index (χ1n) is 13.9. The Morgan fingerprint density at radius 3 is 2.12 bits per heavy atom. The lowest BCUT2D eigenvalue weighted by Gasteiger charge is -2.27. The zero-order valence-electron chi connectivity index (χ0n) is 24.8. The number of methoxy groups -OCH3 is 1. The van der Waals surface area contributed by atoms with Crippen LogP contribution in [0.1, 0.15) is 57.0 Å². The molecule has 0 unspecified atom stereocenters. The van der Waals surface area contributed by atoms with E-state index in [0.29, 0.717) is 30.1 Å². The summed E-state index contributed by atoms with van der Waals surface area (Å²) >= 11 is 0. The molecule has 0 atom stereocenters. The largest absolute Gasteiger partial charge is 0.491 e. The molecule has 1 heterocycles. The van der Waals surface area contributed by atoms with Gasteiger partial charge in [-0.1, -0.05) is 71.0 Å². The first kappa shape index (κ1) is 31.3. The quantitative estimate of drug-likeness (QED) is 0.222. The maximum absolute atomic E-state index is 13.6. The molecular weight excluding hydrogens is 516 g/mol. The highest BCUT2D eigenvalue weighted by atomic mass is 16.5. The van der Waals surface area contributed by atoms with Gasteiger partial charge >= 0.3 is 5.97 Å². The number of hydrogen-bond acceptors (Lipinski definition) is 6. The monoisotopic (exact) mass is 556 g/mol. The van der Waals surface area contributed by atoms with Crippen LogP contribution in [-0.2, 0) is 16.1 Å². The van der Waals surface area contributed by atoms with E-state index in [0.717, 1.165) is 27.5 Å². The molecule has 0 fully saturated rings. The Bertz CT molecular complexity index is 1440. The second-order valence-electron chi connectivity index (χ2n) is 10.6. The number of anilines is 1. The van der Waals surface area contributed by atoms with Gasteiger partial charge in [0.05, 0.1) is 25.8 Å². The summed E-state index contributed by atoms with van der Waals surface area (Å²) in [6, 6.07) is 22.9. The van der Waals surface area contributed by atoms with Gasteiger partial charge in [0.25, 0.3) is 0 Å². The number of ether oxygens (including phenoxy) is 2. The summed E-state index contributed by atoms with van der Waals surface area (Å²) in [5, 5.41) is 10.5. The van der Waals surface area contributed by atoms with Gasteiger partial charge in [0.1, 0.15) is 18.2 Å². The first-order chi connectivity index (χ1) is 19.7. The lowest BCUT2D eigenvalue weighted by molar-refractivity contribution is -0.120. The minimum atomic E-state index is -0.414. The molecule has 4 aromatic rings. The van der Waals surface area contributed by atoms with Crippen molar-refractivity contribution in [1.82, 2.24) is 4.98 Å². The first-order valence-corrected chi connectivity index (χ1v) is 13.9. The molecule has 0 aliphatic carbocycles. The van der Waals surface area contributed by atoms with Gasteiger partial charge in [0.15, 0.2) is 0 Å². The number of aliphatic hydroxyl groups excluding tert-OH is 1. The fraction of sp³-hybridized carbons (Fsp3) is 0.324. The van der Waals surface area contributed by atoms with Crippen molar-refractivity contribution in [2.75, 3.05) is 25.2 Å². The van der Waals surface area contributed by atoms with Crippen LogP contribution in [0.25, 0.3) is 21.9 Å². The fourth-order valence-electron chi connectivity index (χ4n) is 4.34. The average molecular weight is 557 g/mol. The number of rotatable bonds is 9. The molecule has 0 bridgehead atoms. The van der Waals surface area contributed by atoms with Crippen LogP contribution in [0.2, 0.25) is 0 Å². The van der Waals surface area contributed by atoms with E-state index < -0.39 is 5.97 Å². The van der Waals surface area contributed by atoms with Gasteiger partial charge in [-0.05, 0) is 63.9 Å². The standard InChI is InChI=1S/C32H34N2O5.C2H6/c1-32(2,3)20-29(36)34(30-28-14-11-26(31(37)38-4)19-25(28)15-16-33-30)21-22-5-7-23(8-6-22)24-9-12-27(13-10-24)39-18-17-35;1-2/h5-16,19,35H,17-18,20-21H2,1-4H3;1-2H3. The number of carbonyl (C=O) groups is 2. The number of amides is 1. The number of aromatic nitrogens is 1. The zero-order chi connectivity index (χ0) is 30.0. The fourth-order valence-corrected chi connectivity index (χ4v) is 4.34. The Labute approximate surface area is 242 Å². The molecule has 0 saturated heterocycles. The molecule has 0 spiro atoms. The molecule has 41 heavy (non-hydrogen) atoms. The minimum Gasteiger partial charge on any atom is -0.491 e. The van der Waals surface area contributed by atoms with Crippen LogP contribution in [0.4, 0.5) is 5.82 Å². The van der Waals surface area contributed by atoms with Crippen molar-refractivity contribution in [2.24, 2.45) is 5.41 Å². The van der Waals surface area contributed by atoms with Crippen molar-refractivity contribution in [3.8, 4) is 16.9 Å². The molecule has 1 amide bonds. The number of pyridine rings is 1. The number of nitrogens with zero attached hydrogens (tertiary/aromatic N) is 2. The van der Waals surface area contributed by atoms with Crippen LogP contribution in [0.3, 0.4) is 0 Å². The number of carbonyl (C=O) groups excluding carboxylic acids is 2. The predicted octanol–water partition coefficient (Wildman–Crippen LogP) is 7.06. The number of hydrogen-bond donors (Lipinski definition) is 1. The van der Waals surface area contributed by atoms with E-state index in [1.54, 1.807) is 23.2 Å². The maximum Gasteiger partial charge on any atom is 0.337 e. The third kappa shape index (κ3) is 8.38. The number of fused-ring (bicyclic) bond motifs is 1. The van der Waals surface area contributed by atoms with Crippen LogP contribution in [-0.4, -0.2) is 42.3 Å². The van der Waals surface area contributed by atoms with E-state index in [9.17, 15) is 9.59 Å². The summed E-state index contributed by atoms with van der Waals surface area (Å²) in [4.78, 5) is 32.0. The lowest BCUT2D eigenvalue weighted by atomic mass is 9.91. The van der Waals surface area contributed by atoms with Gasteiger partial charge in [-0.25, -0.2) is 9.78 Å². The highest BCUT2D eigenvalue weighted by Crippen LogP contribution is 2.30. The Morgan fingerprint density at radius 2 is 1.54 bits per heavy atom. The summed E-state index contributed by atoms with van der Waals surface area (Å²) in [5.74, 6) is 0.824. The summed E-state index contributed by atoms with van der Waals surface area (Å²) < 4.78 is 10.3. The predicted molar refractivity (Wildman–Crippen MR) is 164 cm³/mol. The lowest BCUT2D eigenvalue weighted by Crippen LogP contribution is -2.34. The molecule has 4 rings (SSSR count).